The number of rotatable bonds is 5. The molecule has 8 nitrogen and oxygen atoms in total. The molecule has 2 aliphatic rings. The van der Waals surface area contributed by atoms with Gasteiger partial charge in [-0.2, -0.15) is 4.98 Å². The summed E-state index contributed by atoms with van der Waals surface area (Å²) in [6.07, 6.45) is 3.09. The van der Waals surface area contributed by atoms with Crippen LogP contribution < -0.4 is 10.1 Å². The molecule has 188 valence electrons. The fourth-order valence-electron chi connectivity index (χ4n) is 5.04. The van der Waals surface area contributed by atoms with Crippen LogP contribution in [0.15, 0.2) is 42.7 Å². The molecule has 2 fully saturated rings. The molecule has 0 spiro atoms. The predicted molar refractivity (Wildman–Crippen MR) is 128 cm³/mol. The van der Waals surface area contributed by atoms with Crippen molar-refractivity contribution in [1.82, 2.24) is 24.5 Å². The number of aromatic nitrogens is 4. The number of fused-ring (bicyclic) bond motifs is 2. The minimum Gasteiger partial charge on any atom is -0.479 e. The monoisotopic (exact) mass is 498 g/mol. The highest BCUT2D eigenvalue weighted by atomic mass is 19.3. The molecular weight excluding hydrogens is 473 g/mol. The SMILES string of the molecule is COc1nc(N[C@@H]2CCN(C3(C)COC3)CC2(F)F)nn2cc(F)c(-c3ccc4ncccc4c3)c12. The van der Waals surface area contributed by atoms with Crippen molar-refractivity contribution in [1.29, 1.82) is 0 Å². The summed E-state index contributed by atoms with van der Waals surface area (Å²) in [5.74, 6) is -3.52. The third-order valence-corrected chi connectivity index (χ3v) is 7.13. The summed E-state index contributed by atoms with van der Waals surface area (Å²) in [5.41, 5.74) is 1.60. The maximum absolute atomic E-state index is 15.2. The van der Waals surface area contributed by atoms with E-state index in [0.717, 1.165) is 10.9 Å². The van der Waals surface area contributed by atoms with Crippen molar-refractivity contribution in [3.05, 3.63) is 48.5 Å². The molecule has 2 saturated heterocycles. The maximum atomic E-state index is 15.2. The zero-order chi connectivity index (χ0) is 25.1. The zero-order valence-electron chi connectivity index (χ0n) is 19.8. The van der Waals surface area contributed by atoms with Crippen molar-refractivity contribution in [3.63, 3.8) is 0 Å². The summed E-state index contributed by atoms with van der Waals surface area (Å²) < 4.78 is 57.4. The average molecular weight is 499 g/mol. The van der Waals surface area contributed by atoms with E-state index in [1.54, 1.807) is 17.2 Å². The first-order valence-electron chi connectivity index (χ1n) is 11.7. The molecular formula is C25H25F3N6O2. The minimum atomic E-state index is -3.02. The molecule has 0 unspecified atom stereocenters. The van der Waals surface area contributed by atoms with E-state index in [9.17, 15) is 0 Å². The second-order valence-electron chi connectivity index (χ2n) is 9.66. The van der Waals surface area contributed by atoms with E-state index >= 15 is 13.2 Å². The van der Waals surface area contributed by atoms with Crippen LogP contribution in [0.2, 0.25) is 0 Å². The van der Waals surface area contributed by atoms with E-state index in [0.29, 0.717) is 30.8 Å². The number of halogens is 3. The lowest BCUT2D eigenvalue weighted by molar-refractivity contribution is -0.174. The molecule has 36 heavy (non-hydrogen) atoms. The number of methoxy groups -OCH3 is 1. The van der Waals surface area contributed by atoms with Crippen LogP contribution in [-0.2, 0) is 4.74 Å². The number of benzene rings is 1. The average Bonchev–Trinajstić information content (AvgIpc) is 3.18. The summed E-state index contributed by atoms with van der Waals surface area (Å²) in [6.45, 7) is 2.95. The number of likely N-dealkylation sites (tertiary alicyclic amines) is 1. The smallest absolute Gasteiger partial charge is 0.280 e. The highest BCUT2D eigenvalue weighted by Crippen LogP contribution is 2.37. The van der Waals surface area contributed by atoms with Gasteiger partial charge in [-0.05, 0) is 37.1 Å². The summed E-state index contributed by atoms with van der Waals surface area (Å²) in [4.78, 5) is 10.4. The maximum Gasteiger partial charge on any atom is 0.280 e. The number of hydrogen-bond donors (Lipinski definition) is 1. The van der Waals surface area contributed by atoms with E-state index in [-0.39, 0.29) is 35.9 Å². The Morgan fingerprint density at radius 1 is 1.22 bits per heavy atom. The largest absolute Gasteiger partial charge is 0.479 e. The lowest BCUT2D eigenvalue weighted by Crippen LogP contribution is -2.67. The topological polar surface area (TPSA) is 76.8 Å². The van der Waals surface area contributed by atoms with E-state index in [1.165, 1.54) is 17.8 Å². The molecule has 1 aromatic carbocycles. The van der Waals surface area contributed by atoms with Crippen LogP contribution in [0.3, 0.4) is 0 Å². The van der Waals surface area contributed by atoms with E-state index < -0.39 is 17.8 Å². The van der Waals surface area contributed by atoms with Gasteiger partial charge < -0.3 is 14.8 Å². The van der Waals surface area contributed by atoms with Crippen LogP contribution in [-0.4, -0.2) is 75.4 Å². The Morgan fingerprint density at radius 2 is 2.06 bits per heavy atom. The quantitative estimate of drug-likeness (QED) is 0.446. The van der Waals surface area contributed by atoms with Crippen LogP contribution in [0.25, 0.3) is 27.5 Å². The molecule has 4 aromatic rings. The fourth-order valence-corrected chi connectivity index (χ4v) is 5.04. The zero-order valence-corrected chi connectivity index (χ0v) is 19.8. The Kier molecular flexibility index (Phi) is 5.31. The Morgan fingerprint density at radius 3 is 2.78 bits per heavy atom. The molecule has 5 heterocycles. The molecule has 0 bridgehead atoms. The normalized spacial score (nSPS) is 21.4. The van der Waals surface area contributed by atoms with Gasteiger partial charge in [0.15, 0.2) is 5.82 Å². The van der Waals surface area contributed by atoms with Gasteiger partial charge in [0.05, 0.1) is 55.7 Å². The molecule has 1 N–H and O–H groups in total. The summed E-state index contributed by atoms with van der Waals surface area (Å²) in [7, 11) is 1.40. The predicted octanol–water partition coefficient (Wildman–Crippen LogP) is 4.00. The van der Waals surface area contributed by atoms with Gasteiger partial charge in [-0.15, -0.1) is 5.10 Å². The molecule has 0 aliphatic carbocycles. The minimum absolute atomic E-state index is 0.0556. The molecule has 0 radical (unpaired) electrons. The lowest BCUT2D eigenvalue weighted by Gasteiger charge is -2.51. The first-order valence-corrected chi connectivity index (χ1v) is 11.7. The van der Waals surface area contributed by atoms with Crippen LogP contribution in [0, 0.1) is 5.82 Å². The van der Waals surface area contributed by atoms with Crippen molar-refractivity contribution < 1.29 is 22.6 Å². The van der Waals surface area contributed by atoms with E-state index in [4.69, 9.17) is 9.47 Å². The standard InChI is InChI=1S/C25H25F3N6O2/c1-24(13-36-14-24)33-9-7-19(25(27,28)12-33)30-23-31-22(35-2)21-20(17(26)11-34(21)32-23)16-5-6-18-15(10-16)4-3-8-29-18/h3-6,8,10-11,19H,7,9,12-14H2,1-2H3,(H,30,32)/t19-/m1/s1. The Hall–Kier alpha value is -3.44. The van der Waals surface area contributed by atoms with Gasteiger partial charge in [-0.25, -0.2) is 17.7 Å². The number of ether oxygens (including phenoxy) is 2. The number of nitrogens with zero attached hydrogens (tertiary/aromatic N) is 5. The second-order valence-corrected chi connectivity index (χ2v) is 9.66. The number of hydrogen-bond acceptors (Lipinski definition) is 7. The molecule has 6 rings (SSSR count). The lowest BCUT2D eigenvalue weighted by atomic mass is 9.91. The Balaban J connectivity index is 1.33. The fraction of sp³-hybridized carbons (Fsp3) is 0.400. The summed E-state index contributed by atoms with van der Waals surface area (Å²) in [5, 5.41) is 7.93. The first kappa shape index (κ1) is 23.0. The second kappa shape index (κ2) is 8.31. The summed E-state index contributed by atoms with van der Waals surface area (Å²) in [6, 6.07) is 7.93. The van der Waals surface area contributed by atoms with E-state index in [1.807, 2.05) is 31.2 Å². The van der Waals surface area contributed by atoms with Crippen molar-refractivity contribution in [2.45, 2.75) is 30.8 Å². The van der Waals surface area contributed by atoms with Crippen LogP contribution in [0.1, 0.15) is 13.3 Å². The van der Waals surface area contributed by atoms with Crippen LogP contribution in [0.4, 0.5) is 19.1 Å². The molecule has 0 saturated carbocycles. The van der Waals surface area contributed by atoms with Gasteiger partial charge >= 0.3 is 0 Å². The van der Waals surface area contributed by atoms with Crippen molar-refractivity contribution >= 4 is 22.4 Å². The van der Waals surface area contributed by atoms with Gasteiger partial charge in [0.1, 0.15) is 5.52 Å². The van der Waals surface area contributed by atoms with Crippen molar-refractivity contribution in [2.24, 2.45) is 0 Å². The Bertz CT molecular complexity index is 1450. The first-order chi connectivity index (χ1) is 17.3. The third kappa shape index (κ3) is 3.73. The van der Waals surface area contributed by atoms with Crippen molar-refractivity contribution in [3.8, 4) is 17.0 Å². The third-order valence-electron chi connectivity index (χ3n) is 7.13. The Labute approximate surface area is 205 Å². The molecule has 11 heteroatoms. The number of anilines is 1. The number of alkyl halides is 2. The molecule has 0 amide bonds. The molecule has 1 atom stereocenters. The van der Waals surface area contributed by atoms with Gasteiger partial charge in [-0.3, -0.25) is 9.88 Å². The summed E-state index contributed by atoms with van der Waals surface area (Å²) >= 11 is 0. The number of nitrogens with one attached hydrogen (secondary N) is 1. The number of pyridine rings is 1. The number of piperidine rings is 1. The van der Waals surface area contributed by atoms with Gasteiger partial charge in [0.25, 0.3) is 5.92 Å². The van der Waals surface area contributed by atoms with Gasteiger partial charge in [0.2, 0.25) is 11.8 Å². The molecule has 3 aromatic heterocycles. The molecule has 2 aliphatic heterocycles. The van der Waals surface area contributed by atoms with Gasteiger partial charge in [-0.1, -0.05) is 12.1 Å². The van der Waals surface area contributed by atoms with E-state index in [2.05, 4.69) is 20.4 Å². The van der Waals surface area contributed by atoms with Gasteiger partial charge in [0, 0.05) is 18.1 Å². The van der Waals surface area contributed by atoms with Crippen LogP contribution >= 0.6 is 0 Å². The van der Waals surface area contributed by atoms with Crippen molar-refractivity contribution in [2.75, 3.05) is 38.7 Å². The highest BCUT2D eigenvalue weighted by molar-refractivity contribution is 5.91. The van der Waals surface area contributed by atoms with Crippen LogP contribution in [0.5, 0.6) is 5.88 Å². The highest BCUT2D eigenvalue weighted by Gasteiger charge is 2.51.